The smallest absolute Gasteiger partial charge is 0.0333 e. The van der Waals surface area contributed by atoms with Gasteiger partial charge in [-0.3, -0.25) is 4.99 Å². The van der Waals surface area contributed by atoms with Crippen LogP contribution in [0.1, 0.15) is 0 Å². The number of hydrogen-bond donors (Lipinski definition) is 0. The second-order valence-electron chi connectivity index (χ2n) is 1.24. The molecule has 0 N–H and O–H groups in total. The van der Waals surface area contributed by atoms with Gasteiger partial charge < -0.3 is 0 Å². The summed E-state index contributed by atoms with van der Waals surface area (Å²) >= 11 is 0. The molecule has 0 amide bonds. The molecule has 0 saturated carbocycles. The van der Waals surface area contributed by atoms with E-state index in [1.165, 1.54) is 6.20 Å². The summed E-state index contributed by atoms with van der Waals surface area (Å²) < 4.78 is 0. The van der Waals surface area contributed by atoms with Crippen LogP contribution >= 0.6 is 0 Å². The molecule has 0 unspecified atom stereocenters. The van der Waals surface area contributed by atoms with E-state index in [0.717, 1.165) is 5.57 Å². The van der Waals surface area contributed by atoms with Gasteiger partial charge in [-0.25, -0.2) is 0 Å². The second-order valence-corrected chi connectivity index (χ2v) is 1.24. The lowest BCUT2D eigenvalue weighted by atomic mass is 10.3. The Hall–Kier alpha value is -1.11. The molecule has 0 aliphatic carbocycles. The molecular formula is C7H9N. The number of nitrogens with zero attached hydrogens (tertiary/aromatic N) is 1. The van der Waals surface area contributed by atoms with Gasteiger partial charge in [0.15, 0.2) is 0 Å². The van der Waals surface area contributed by atoms with Gasteiger partial charge >= 0.3 is 0 Å². The summed E-state index contributed by atoms with van der Waals surface area (Å²) in [6, 6.07) is 0. The Kier molecular flexibility index (Phi) is 3.50. The molecule has 0 aromatic carbocycles. The minimum atomic E-state index is 0.796. The summed E-state index contributed by atoms with van der Waals surface area (Å²) in [6.45, 7) is 10.5. The third-order valence-electron chi connectivity index (χ3n) is 0.608. The number of rotatable bonds is 3. The SMILES string of the molecule is C=CN=CC(=C)C=C. The first-order chi connectivity index (χ1) is 3.81. The predicted molar refractivity (Wildman–Crippen MR) is 38.0 cm³/mol. The Morgan fingerprint density at radius 1 is 1.38 bits per heavy atom. The normalized spacial score (nSPS) is 9.00. The summed E-state index contributed by atoms with van der Waals surface area (Å²) in [5.74, 6) is 0. The lowest BCUT2D eigenvalue weighted by molar-refractivity contribution is 1.61. The van der Waals surface area contributed by atoms with Crippen molar-refractivity contribution in [2.45, 2.75) is 0 Å². The molecule has 8 heavy (non-hydrogen) atoms. The van der Waals surface area contributed by atoms with Gasteiger partial charge in [-0.2, -0.15) is 0 Å². The van der Waals surface area contributed by atoms with Crippen LogP contribution in [0.5, 0.6) is 0 Å². The predicted octanol–water partition coefficient (Wildman–Crippen LogP) is 1.94. The van der Waals surface area contributed by atoms with Gasteiger partial charge in [0.25, 0.3) is 0 Å². The van der Waals surface area contributed by atoms with Crippen LogP contribution in [0, 0.1) is 0 Å². The quantitative estimate of drug-likeness (QED) is 0.386. The van der Waals surface area contributed by atoms with Crippen molar-refractivity contribution in [2.75, 3.05) is 0 Å². The Labute approximate surface area is 49.8 Å². The molecule has 1 nitrogen and oxygen atoms in total. The van der Waals surface area contributed by atoms with Crippen molar-refractivity contribution in [2.24, 2.45) is 4.99 Å². The van der Waals surface area contributed by atoms with E-state index in [1.807, 2.05) is 0 Å². The van der Waals surface area contributed by atoms with Gasteiger partial charge in [0.05, 0.1) is 0 Å². The van der Waals surface area contributed by atoms with E-state index >= 15 is 0 Å². The zero-order chi connectivity index (χ0) is 6.41. The van der Waals surface area contributed by atoms with Crippen LogP contribution in [0.25, 0.3) is 0 Å². The zero-order valence-electron chi connectivity index (χ0n) is 4.80. The minimum absolute atomic E-state index is 0.796. The lowest BCUT2D eigenvalue weighted by Crippen LogP contribution is -1.71. The maximum absolute atomic E-state index is 3.71. The van der Waals surface area contributed by atoms with Gasteiger partial charge in [-0.05, 0) is 5.57 Å². The first-order valence-electron chi connectivity index (χ1n) is 2.26. The molecule has 1 heteroatoms. The van der Waals surface area contributed by atoms with Crippen LogP contribution in [0.2, 0.25) is 0 Å². The summed E-state index contributed by atoms with van der Waals surface area (Å²) in [6.07, 6.45) is 4.68. The van der Waals surface area contributed by atoms with E-state index in [9.17, 15) is 0 Å². The first-order valence-corrected chi connectivity index (χ1v) is 2.26. The molecule has 0 bridgehead atoms. The van der Waals surface area contributed by atoms with E-state index in [2.05, 4.69) is 24.7 Å². The average molecular weight is 107 g/mol. The Morgan fingerprint density at radius 3 is 2.38 bits per heavy atom. The van der Waals surface area contributed by atoms with E-state index in [4.69, 9.17) is 0 Å². The lowest BCUT2D eigenvalue weighted by Gasteiger charge is -1.80. The number of allylic oxidation sites excluding steroid dienone is 2. The van der Waals surface area contributed by atoms with Crippen LogP contribution in [0.3, 0.4) is 0 Å². The Morgan fingerprint density at radius 2 is 2.00 bits per heavy atom. The molecule has 0 aliphatic heterocycles. The second kappa shape index (κ2) is 4.06. The standard InChI is InChI=1S/C7H9N/c1-4-7(3)6-8-5-2/h4-6H,1-3H2. The van der Waals surface area contributed by atoms with Crippen molar-refractivity contribution in [3.05, 3.63) is 37.6 Å². The fourth-order valence-corrected chi connectivity index (χ4v) is 0.201. The van der Waals surface area contributed by atoms with Crippen molar-refractivity contribution in [3.8, 4) is 0 Å². The molecule has 0 rings (SSSR count). The summed E-state index contributed by atoms with van der Waals surface area (Å²) in [5, 5.41) is 0. The first kappa shape index (κ1) is 6.89. The maximum atomic E-state index is 3.71. The van der Waals surface area contributed by atoms with Gasteiger partial charge in [0.1, 0.15) is 0 Å². The third kappa shape index (κ3) is 3.09. The Bertz CT molecular complexity index is 131. The molecule has 0 fully saturated rings. The largest absolute Gasteiger partial charge is 0.265 e. The third-order valence-corrected chi connectivity index (χ3v) is 0.608. The molecule has 42 valence electrons. The highest BCUT2D eigenvalue weighted by Crippen LogP contribution is 1.83. The molecule has 0 radical (unpaired) electrons. The summed E-state index contributed by atoms with van der Waals surface area (Å²) in [7, 11) is 0. The minimum Gasteiger partial charge on any atom is -0.265 e. The average Bonchev–Trinajstić information content (AvgIpc) is 1.83. The molecule has 0 aromatic rings. The maximum Gasteiger partial charge on any atom is 0.0333 e. The van der Waals surface area contributed by atoms with Crippen molar-refractivity contribution in [1.29, 1.82) is 0 Å². The van der Waals surface area contributed by atoms with Crippen molar-refractivity contribution in [3.63, 3.8) is 0 Å². The van der Waals surface area contributed by atoms with Crippen molar-refractivity contribution < 1.29 is 0 Å². The monoisotopic (exact) mass is 107 g/mol. The zero-order valence-corrected chi connectivity index (χ0v) is 4.80. The molecule has 0 aliphatic rings. The van der Waals surface area contributed by atoms with Gasteiger partial charge in [0, 0.05) is 12.4 Å². The topological polar surface area (TPSA) is 12.4 Å². The Balaban J connectivity index is 3.69. The molecule has 0 heterocycles. The molecule has 0 saturated heterocycles. The summed E-state index contributed by atoms with van der Waals surface area (Å²) in [5.41, 5.74) is 0.796. The van der Waals surface area contributed by atoms with E-state index in [1.54, 1.807) is 12.3 Å². The van der Waals surface area contributed by atoms with E-state index < -0.39 is 0 Å². The highest BCUT2D eigenvalue weighted by Gasteiger charge is 1.71. The van der Waals surface area contributed by atoms with Gasteiger partial charge in [0.2, 0.25) is 0 Å². The number of aliphatic imine (C=N–C) groups is 1. The summed E-state index contributed by atoms with van der Waals surface area (Å²) in [4.78, 5) is 3.71. The van der Waals surface area contributed by atoms with Crippen LogP contribution in [0.15, 0.2) is 42.6 Å². The number of hydrogen-bond acceptors (Lipinski definition) is 1. The van der Waals surface area contributed by atoms with Crippen molar-refractivity contribution >= 4 is 6.21 Å². The fourth-order valence-electron chi connectivity index (χ4n) is 0.201. The molecule has 0 atom stereocenters. The van der Waals surface area contributed by atoms with Crippen LogP contribution < -0.4 is 0 Å². The molecule has 0 spiro atoms. The van der Waals surface area contributed by atoms with Crippen LogP contribution in [0.4, 0.5) is 0 Å². The van der Waals surface area contributed by atoms with Gasteiger partial charge in [-0.1, -0.05) is 25.8 Å². The van der Waals surface area contributed by atoms with E-state index in [0.29, 0.717) is 0 Å². The molecular weight excluding hydrogens is 98.1 g/mol. The van der Waals surface area contributed by atoms with Crippen LogP contribution in [-0.4, -0.2) is 6.21 Å². The highest BCUT2D eigenvalue weighted by atomic mass is 14.6. The fraction of sp³-hybridized carbons (Fsp3) is 0. The highest BCUT2D eigenvalue weighted by molar-refractivity contribution is 5.81. The van der Waals surface area contributed by atoms with Crippen molar-refractivity contribution in [1.82, 2.24) is 0 Å². The molecule has 0 aromatic heterocycles. The van der Waals surface area contributed by atoms with Crippen LogP contribution in [-0.2, 0) is 0 Å². The van der Waals surface area contributed by atoms with Gasteiger partial charge in [-0.15, -0.1) is 0 Å². The van der Waals surface area contributed by atoms with E-state index in [-0.39, 0.29) is 0 Å².